The van der Waals surface area contributed by atoms with Crippen molar-refractivity contribution in [2.75, 3.05) is 6.54 Å². The first-order valence-electron chi connectivity index (χ1n) is 12.5. The highest BCUT2D eigenvalue weighted by Crippen LogP contribution is 2.31. The van der Waals surface area contributed by atoms with E-state index in [1.165, 1.54) is 12.1 Å². The van der Waals surface area contributed by atoms with Crippen LogP contribution >= 0.6 is 0 Å². The number of hydrogen-bond acceptors (Lipinski definition) is 4. The second-order valence-corrected chi connectivity index (χ2v) is 9.02. The topological polar surface area (TPSA) is 115 Å². The van der Waals surface area contributed by atoms with Gasteiger partial charge in [-0.3, -0.25) is 4.79 Å². The van der Waals surface area contributed by atoms with Gasteiger partial charge < -0.3 is 20.1 Å². The number of hydrogen-bond donors (Lipinski definition) is 3. The van der Waals surface area contributed by atoms with E-state index in [1.54, 1.807) is 18.2 Å². The quantitative estimate of drug-likeness (QED) is 0.168. The van der Waals surface area contributed by atoms with Crippen LogP contribution in [0.15, 0.2) is 96.7 Å². The zero-order chi connectivity index (χ0) is 27.2. The maximum atomic E-state index is 13.0. The molecule has 0 fully saturated rings. The van der Waals surface area contributed by atoms with Crippen LogP contribution in [-0.2, 0) is 17.8 Å². The van der Waals surface area contributed by atoms with Gasteiger partial charge in [0, 0.05) is 29.2 Å². The number of H-pyrrole nitrogens is 1. The van der Waals surface area contributed by atoms with Gasteiger partial charge in [-0.25, -0.2) is 4.79 Å². The Labute approximate surface area is 225 Å². The molecule has 0 aliphatic rings. The number of aromatic nitrogens is 1. The van der Waals surface area contributed by atoms with Crippen LogP contribution in [0.5, 0.6) is 5.75 Å². The zero-order valence-electron chi connectivity index (χ0n) is 21.0. The molecule has 1 heterocycles. The summed E-state index contributed by atoms with van der Waals surface area (Å²) in [5.74, 6) is -0.941. The fraction of sp³-hybridized carbons (Fsp3) is 0.0938. The van der Waals surface area contributed by atoms with Gasteiger partial charge in [0.25, 0.3) is 5.91 Å². The third-order valence-corrected chi connectivity index (χ3v) is 6.53. The minimum absolute atomic E-state index is 0.0269. The van der Waals surface area contributed by atoms with E-state index in [9.17, 15) is 14.9 Å². The molecule has 39 heavy (non-hydrogen) atoms. The molecular weight excluding hydrogens is 490 g/mol. The first kappa shape index (κ1) is 25.3. The summed E-state index contributed by atoms with van der Waals surface area (Å²) in [6.45, 7) is 0.572. The van der Waals surface area contributed by atoms with Crippen LogP contribution in [-0.4, -0.2) is 28.5 Å². The molecule has 0 aliphatic carbocycles. The summed E-state index contributed by atoms with van der Waals surface area (Å²) in [5.41, 5.74) is 3.72. The van der Waals surface area contributed by atoms with E-state index in [2.05, 4.69) is 10.3 Å². The van der Waals surface area contributed by atoms with E-state index in [0.29, 0.717) is 24.3 Å². The number of benzene rings is 4. The number of rotatable bonds is 9. The highest BCUT2D eigenvalue weighted by molar-refractivity contribution is 6.05. The Morgan fingerprint density at radius 1 is 0.949 bits per heavy atom. The Morgan fingerprint density at radius 2 is 1.69 bits per heavy atom. The summed E-state index contributed by atoms with van der Waals surface area (Å²) < 4.78 is 6.09. The van der Waals surface area contributed by atoms with Crippen molar-refractivity contribution in [3.8, 4) is 11.8 Å². The van der Waals surface area contributed by atoms with Crippen molar-refractivity contribution in [1.82, 2.24) is 10.3 Å². The van der Waals surface area contributed by atoms with Gasteiger partial charge in [-0.2, -0.15) is 5.26 Å². The molecule has 7 heteroatoms. The Kier molecular flexibility index (Phi) is 7.37. The van der Waals surface area contributed by atoms with Gasteiger partial charge in [-0.1, -0.05) is 60.7 Å². The predicted molar refractivity (Wildman–Crippen MR) is 150 cm³/mol. The van der Waals surface area contributed by atoms with E-state index >= 15 is 0 Å². The Hall–Kier alpha value is -5.35. The summed E-state index contributed by atoms with van der Waals surface area (Å²) in [5, 5.41) is 24.7. The van der Waals surface area contributed by atoms with Crippen LogP contribution < -0.4 is 10.1 Å². The molecule has 7 nitrogen and oxygen atoms in total. The van der Waals surface area contributed by atoms with E-state index in [4.69, 9.17) is 9.84 Å². The maximum Gasteiger partial charge on any atom is 0.335 e. The number of carbonyl (C=O) groups excluding carboxylic acids is 1. The molecule has 0 bridgehead atoms. The minimum atomic E-state index is -0.992. The number of carboxylic acids is 1. The lowest BCUT2D eigenvalue weighted by Crippen LogP contribution is -2.26. The van der Waals surface area contributed by atoms with Gasteiger partial charge in [0.1, 0.15) is 24.0 Å². The molecule has 4 aromatic carbocycles. The number of amides is 1. The number of carboxylic acid groups (broad SMARTS) is 1. The molecule has 0 saturated carbocycles. The second-order valence-electron chi connectivity index (χ2n) is 9.02. The molecule has 0 aliphatic heterocycles. The lowest BCUT2D eigenvalue weighted by Gasteiger charge is -2.13. The Balaban J connectivity index is 1.36. The molecule has 0 radical (unpaired) electrons. The van der Waals surface area contributed by atoms with E-state index in [-0.39, 0.29) is 17.7 Å². The number of carbonyl (C=O) groups is 2. The van der Waals surface area contributed by atoms with Gasteiger partial charge >= 0.3 is 5.97 Å². The van der Waals surface area contributed by atoms with Crippen LogP contribution in [0.3, 0.4) is 0 Å². The van der Waals surface area contributed by atoms with Crippen molar-refractivity contribution in [2.45, 2.75) is 13.0 Å². The number of para-hydroxylation sites is 1. The van der Waals surface area contributed by atoms with Gasteiger partial charge in [0.2, 0.25) is 0 Å². The number of ether oxygens (including phenoxy) is 1. The third-order valence-electron chi connectivity index (χ3n) is 6.53. The molecule has 1 aromatic heterocycles. The van der Waals surface area contributed by atoms with Gasteiger partial charge in [0.05, 0.1) is 5.56 Å². The van der Waals surface area contributed by atoms with E-state index in [1.807, 2.05) is 72.9 Å². The summed E-state index contributed by atoms with van der Waals surface area (Å²) in [7, 11) is 0. The third kappa shape index (κ3) is 5.65. The summed E-state index contributed by atoms with van der Waals surface area (Å²) in [6, 6.07) is 27.9. The number of aromatic amines is 1. The average Bonchev–Trinajstić information content (AvgIpc) is 3.38. The molecule has 192 valence electrons. The predicted octanol–water partition coefficient (Wildman–Crippen LogP) is 5.86. The lowest BCUT2D eigenvalue weighted by atomic mass is 10.0. The number of nitrogens with one attached hydrogen (secondary N) is 2. The number of nitriles is 1. The van der Waals surface area contributed by atoms with Crippen molar-refractivity contribution >= 4 is 39.6 Å². The highest BCUT2D eigenvalue weighted by Gasteiger charge is 2.14. The van der Waals surface area contributed by atoms with Crippen molar-refractivity contribution in [1.29, 1.82) is 5.26 Å². The molecule has 5 aromatic rings. The molecule has 0 saturated heterocycles. The fourth-order valence-electron chi connectivity index (χ4n) is 4.49. The summed E-state index contributed by atoms with van der Waals surface area (Å²) >= 11 is 0. The zero-order valence-corrected chi connectivity index (χ0v) is 21.0. The molecular formula is C32H25N3O4. The molecule has 3 N–H and O–H groups in total. The first-order chi connectivity index (χ1) is 19.0. The summed E-state index contributed by atoms with van der Waals surface area (Å²) in [6.07, 6.45) is 4.12. The lowest BCUT2D eigenvalue weighted by molar-refractivity contribution is -0.117. The van der Waals surface area contributed by atoms with Crippen LogP contribution in [0.2, 0.25) is 0 Å². The van der Waals surface area contributed by atoms with Crippen molar-refractivity contribution in [2.24, 2.45) is 0 Å². The molecule has 0 atom stereocenters. The standard InChI is InChI=1S/C32H25N3O4/c33-18-25(31(36)34-16-15-24-19-35-29-8-4-3-7-27(24)29)17-28-26-6-2-1-5-22(26)13-14-30(28)39-20-21-9-11-23(12-10-21)32(37)38/h1-14,17,19,35H,15-16,20H2,(H,34,36)(H,37,38)/b25-17-. The number of aromatic carboxylic acids is 1. The molecule has 0 unspecified atom stereocenters. The van der Waals surface area contributed by atoms with Crippen LogP contribution in [0.4, 0.5) is 0 Å². The Bertz CT molecular complexity index is 1740. The van der Waals surface area contributed by atoms with E-state index < -0.39 is 11.9 Å². The fourth-order valence-corrected chi connectivity index (χ4v) is 4.49. The van der Waals surface area contributed by atoms with Crippen molar-refractivity contribution in [3.63, 3.8) is 0 Å². The van der Waals surface area contributed by atoms with Gasteiger partial charge in [-0.05, 0) is 58.7 Å². The second kappa shape index (κ2) is 11.4. The van der Waals surface area contributed by atoms with Crippen molar-refractivity contribution < 1.29 is 19.4 Å². The Morgan fingerprint density at radius 3 is 2.46 bits per heavy atom. The van der Waals surface area contributed by atoms with E-state index in [0.717, 1.165) is 32.8 Å². The molecule has 1 amide bonds. The van der Waals surface area contributed by atoms with Crippen LogP contribution in [0.1, 0.15) is 27.0 Å². The monoisotopic (exact) mass is 515 g/mol. The number of nitrogens with zero attached hydrogens (tertiary/aromatic N) is 1. The van der Waals surface area contributed by atoms with Crippen LogP contribution in [0, 0.1) is 11.3 Å². The average molecular weight is 516 g/mol. The summed E-state index contributed by atoms with van der Waals surface area (Å²) in [4.78, 5) is 27.3. The molecule has 5 rings (SSSR count). The van der Waals surface area contributed by atoms with Crippen LogP contribution in [0.25, 0.3) is 27.8 Å². The smallest absolute Gasteiger partial charge is 0.335 e. The maximum absolute atomic E-state index is 13.0. The van der Waals surface area contributed by atoms with Gasteiger partial charge in [0.15, 0.2) is 0 Å². The minimum Gasteiger partial charge on any atom is -0.488 e. The highest BCUT2D eigenvalue weighted by atomic mass is 16.5. The number of fused-ring (bicyclic) bond motifs is 2. The first-order valence-corrected chi connectivity index (χ1v) is 12.5. The largest absolute Gasteiger partial charge is 0.488 e. The normalized spacial score (nSPS) is 11.3. The van der Waals surface area contributed by atoms with Crippen molar-refractivity contribution in [3.05, 3.63) is 119 Å². The SMILES string of the molecule is N#C/C(=C/c1c(OCc2ccc(C(=O)O)cc2)ccc2ccccc12)C(=O)NCCc1c[nH]c2ccccc12. The molecule has 0 spiro atoms. The van der Waals surface area contributed by atoms with Gasteiger partial charge in [-0.15, -0.1) is 0 Å².